The zero-order chi connectivity index (χ0) is 21.8. The van der Waals surface area contributed by atoms with E-state index in [4.69, 9.17) is 0 Å². The Balaban J connectivity index is 0.000000172. The molecular weight excluding hydrogens is 583 g/mol. The van der Waals surface area contributed by atoms with Gasteiger partial charge in [-0.2, -0.15) is 0 Å². The van der Waals surface area contributed by atoms with Crippen molar-refractivity contribution in [2.24, 2.45) is 7.05 Å². The third kappa shape index (κ3) is 4.63. The standard InChI is InChI=1S/C18H13N2.C11H8N.Ir/c1-20-17-11-3-2-7-13(17)14-8-6-9-15(18(14)20)16-10-4-5-12-19-16;1-2-6-10(7-3-1)11-8-4-5-9-12-11;/h2-8,10-12H,1H3;1-6,8-9H;/q2*-1;. The number of rotatable bonds is 2. The fraction of sp³-hybridized carbons (Fsp3) is 0.0345. The van der Waals surface area contributed by atoms with E-state index >= 15 is 0 Å². The van der Waals surface area contributed by atoms with Crippen LogP contribution in [0.3, 0.4) is 0 Å². The maximum absolute atomic E-state index is 4.47. The SMILES string of the molecule is Cn1c2ccccc2c2cc[c-]c(-c3ccccn3)c21.[Ir].[c-]1ccccc1-c1ccccn1. The number of aryl methyl sites for hydroxylation is 1. The summed E-state index contributed by atoms with van der Waals surface area (Å²) in [5.41, 5.74) is 6.45. The summed E-state index contributed by atoms with van der Waals surface area (Å²) in [7, 11) is 2.10. The number of nitrogens with zero attached hydrogens (tertiary/aromatic N) is 3. The van der Waals surface area contributed by atoms with E-state index in [0.29, 0.717) is 0 Å². The van der Waals surface area contributed by atoms with Gasteiger partial charge in [0.25, 0.3) is 0 Å². The molecule has 3 aromatic heterocycles. The molecule has 0 aliphatic carbocycles. The molecule has 1 radical (unpaired) electrons. The largest absolute Gasteiger partial charge is 0.383 e. The second-order valence-electron chi connectivity index (χ2n) is 7.40. The maximum Gasteiger partial charge on any atom is 0.0389 e. The Morgan fingerprint density at radius 2 is 1.33 bits per heavy atom. The summed E-state index contributed by atoms with van der Waals surface area (Å²) in [6.07, 6.45) is 3.61. The molecule has 3 nitrogen and oxygen atoms in total. The molecule has 0 spiro atoms. The summed E-state index contributed by atoms with van der Waals surface area (Å²) in [6.45, 7) is 0. The zero-order valence-electron chi connectivity index (χ0n) is 18.1. The van der Waals surface area contributed by atoms with E-state index in [1.54, 1.807) is 6.20 Å². The molecule has 3 heterocycles. The molecule has 33 heavy (non-hydrogen) atoms. The van der Waals surface area contributed by atoms with Crippen molar-refractivity contribution in [1.82, 2.24) is 14.5 Å². The third-order valence-electron chi connectivity index (χ3n) is 5.43. The van der Waals surface area contributed by atoms with Gasteiger partial charge in [0.2, 0.25) is 0 Å². The summed E-state index contributed by atoms with van der Waals surface area (Å²) in [4.78, 5) is 8.68. The van der Waals surface area contributed by atoms with Gasteiger partial charge in [-0.15, -0.1) is 59.7 Å². The monoisotopic (exact) mass is 604 g/mol. The number of hydrogen-bond acceptors (Lipinski definition) is 2. The Hall–Kier alpha value is -3.59. The quantitative estimate of drug-likeness (QED) is 0.205. The molecule has 0 unspecified atom stereocenters. The maximum atomic E-state index is 4.47. The Morgan fingerprint density at radius 1 is 0.636 bits per heavy atom. The van der Waals surface area contributed by atoms with Crippen molar-refractivity contribution in [2.75, 3.05) is 0 Å². The molecule has 0 N–H and O–H groups in total. The van der Waals surface area contributed by atoms with Gasteiger partial charge in [-0.3, -0.25) is 0 Å². The van der Waals surface area contributed by atoms with Crippen molar-refractivity contribution in [3.63, 3.8) is 0 Å². The van der Waals surface area contributed by atoms with Gasteiger partial charge in [-0.05, 0) is 40.5 Å². The molecule has 0 saturated carbocycles. The molecule has 0 aliphatic heterocycles. The van der Waals surface area contributed by atoms with Crippen LogP contribution in [0.2, 0.25) is 0 Å². The number of pyridine rings is 2. The molecule has 4 heteroatoms. The minimum Gasteiger partial charge on any atom is -0.383 e. The average Bonchev–Trinajstić information content (AvgIpc) is 3.18. The summed E-state index contributed by atoms with van der Waals surface area (Å²) in [5.74, 6) is 0. The number of para-hydroxylation sites is 1. The van der Waals surface area contributed by atoms with E-state index in [1.807, 2.05) is 72.9 Å². The molecule has 0 amide bonds. The fourth-order valence-electron chi connectivity index (χ4n) is 3.95. The van der Waals surface area contributed by atoms with Crippen molar-refractivity contribution in [2.45, 2.75) is 0 Å². The number of benzene rings is 3. The fourth-order valence-corrected chi connectivity index (χ4v) is 3.95. The molecule has 163 valence electrons. The van der Waals surface area contributed by atoms with Gasteiger partial charge in [0, 0.05) is 45.1 Å². The molecule has 3 aromatic carbocycles. The van der Waals surface area contributed by atoms with Crippen LogP contribution in [-0.4, -0.2) is 14.5 Å². The van der Waals surface area contributed by atoms with Gasteiger partial charge in [-0.1, -0.05) is 47.9 Å². The van der Waals surface area contributed by atoms with Crippen LogP contribution in [0.1, 0.15) is 0 Å². The minimum atomic E-state index is 0. The van der Waals surface area contributed by atoms with E-state index in [1.165, 1.54) is 21.8 Å². The van der Waals surface area contributed by atoms with Crippen molar-refractivity contribution >= 4 is 21.8 Å². The predicted molar refractivity (Wildman–Crippen MR) is 131 cm³/mol. The van der Waals surface area contributed by atoms with E-state index in [2.05, 4.69) is 64.0 Å². The third-order valence-corrected chi connectivity index (χ3v) is 5.43. The van der Waals surface area contributed by atoms with Crippen LogP contribution in [-0.2, 0) is 27.2 Å². The zero-order valence-corrected chi connectivity index (χ0v) is 20.5. The molecule has 0 fully saturated rings. The van der Waals surface area contributed by atoms with E-state index in [-0.39, 0.29) is 20.1 Å². The van der Waals surface area contributed by atoms with Gasteiger partial charge in [0.05, 0.1) is 0 Å². The number of aromatic nitrogens is 3. The average molecular weight is 604 g/mol. The smallest absolute Gasteiger partial charge is 0.0389 e. The first kappa shape index (κ1) is 22.6. The van der Waals surface area contributed by atoms with Crippen molar-refractivity contribution in [3.8, 4) is 22.5 Å². The molecule has 0 aliphatic rings. The molecule has 0 atom stereocenters. The molecule has 6 aromatic rings. The number of hydrogen-bond donors (Lipinski definition) is 0. The predicted octanol–water partition coefficient (Wildman–Crippen LogP) is 6.74. The second kappa shape index (κ2) is 10.4. The van der Waals surface area contributed by atoms with Gasteiger partial charge in [0.1, 0.15) is 0 Å². The minimum absolute atomic E-state index is 0. The Kier molecular flexibility index (Phi) is 7.09. The van der Waals surface area contributed by atoms with Crippen molar-refractivity contribution in [1.29, 1.82) is 0 Å². The Bertz CT molecular complexity index is 1420. The van der Waals surface area contributed by atoms with Gasteiger partial charge in [0.15, 0.2) is 0 Å². The van der Waals surface area contributed by atoms with Crippen LogP contribution in [0.5, 0.6) is 0 Å². The summed E-state index contributed by atoms with van der Waals surface area (Å²) >= 11 is 0. The first-order valence-electron chi connectivity index (χ1n) is 10.5. The molecule has 6 rings (SSSR count). The first-order chi connectivity index (χ1) is 15.8. The van der Waals surface area contributed by atoms with Crippen LogP contribution in [0.4, 0.5) is 0 Å². The molecule has 0 bridgehead atoms. The van der Waals surface area contributed by atoms with Crippen molar-refractivity contribution in [3.05, 3.63) is 122 Å². The first-order valence-corrected chi connectivity index (χ1v) is 10.5. The van der Waals surface area contributed by atoms with Gasteiger partial charge in [-0.25, -0.2) is 0 Å². The van der Waals surface area contributed by atoms with E-state index < -0.39 is 0 Å². The van der Waals surface area contributed by atoms with E-state index in [9.17, 15) is 0 Å². The van der Waals surface area contributed by atoms with E-state index in [0.717, 1.165) is 22.5 Å². The van der Waals surface area contributed by atoms with Crippen LogP contribution in [0, 0.1) is 12.1 Å². The van der Waals surface area contributed by atoms with Crippen LogP contribution >= 0.6 is 0 Å². The molecular formula is C29H21IrN3-2. The number of fused-ring (bicyclic) bond motifs is 3. The van der Waals surface area contributed by atoms with Crippen LogP contribution in [0.15, 0.2) is 109 Å². The van der Waals surface area contributed by atoms with Crippen LogP contribution < -0.4 is 0 Å². The Labute approximate surface area is 207 Å². The normalized spacial score (nSPS) is 10.3. The topological polar surface area (TPSA) is 30.7 Å². The van der Waals surface area contributed by atoms with Gasteiger partial charge < -0.3 is 14.5 Å². The van der Waals surface area contributed by atoms with Crippen molar-refractivity contribution < 1.29 is 20.1 Å². The summed E-state index contributed by atoms with van der Waals surface area (Å²) in [5, 5.41) is 2.53. The second-order valence-corrected chi connectivity index (χ2v) is 7.40. The van der Waals surface area contributed by atoms with Crippen LogP contribution in [0.25, 0.3) is 44.3 Å². The molecule has 0 saturated heterocycles. The Morgan fingerprint density at radius 3 is 2.03 bits per heavy atom. The summed E-state index contributed by atoms with van der Waals surface area (Å²) < 4.78 is 2.23. The van der Waals surface area contributed by atoms with Gasteiger partial charge >= 0.3 is 0 Å². The summed E-state index contributed by atoms with van der Waals surface area (Å²) in [6, 6.07) is 38.7.